The van der Waals surface area contributed by atoms with E-state index in [0.717, 1.165) is 70.6 Å². The summed E-state index contributed by atoms with van der Waals surface area (Å²) in [4.78, 5) is 41.6. The Balaban J connectivity index is 4.07. The summed E-state index contributed by atoms with van der Waals surface area (Å²) in [6, 6.07) is -0.369. The van der Waals surface area contributed by atoms with Crippen LogP contribution >= 0.6 is 0 Å². The highest BCUT2D eigenvalue weighted by Gasteiger charge is 2.22. The van der Waals surface area contributed by atoms with E-state index in [1.807, 2.05) is 19.0 Å². The molecule has 0 fully saturated rings. The molecule has 6 heteroatoms. The molecular formula is C48H90N2O4. The van der Waals surface area contributed by atoms with Crippen molar-refractivity contribution in [1.82, 2.24) is 9.80 Å². The number of aldehydes is 1. The number of unbranched alkanes of at least 4 members (excludes halogenated alkanes) is 24. The Morgan fingerprint density at radius 1 is 0.500 bits per heavy atom. The summed E-state index contributed by atoms with van der Waals surface area (Å²) < 4.78 is 5.48. The summed E-state index contributed by atoms with van der Waals surface area (Å²) in [6.07, 6.45) is 47.8. The molecule has 0 rings (SSSR count). The van der Waals surface area contributed by atoms with Crippen LogP contribution in [0.15, 0.2) is 24.3 Å². The third-order valence-electron chi connectivity index (χ3n) is 10.6. The van der Waals surface area contributed by atoms with Crippen LogP contribution in [0.5, 0.6) is 0 Å². The van der Waals surface area contributed by atoms with Gasteiger partial charge < -0.3 is 19.3 Å². The van der Waals surface area contributed by atoms with E-state index in [9.17, 15) is 14.4 Å². The molecule has 0 bridgehead atoms. The van der Waals surface area contributed by atoms with Crippen LogP contribution in [0.3, 0.4) is 0 Å². The van der Waals surface area contributed by atoms with Crippen LogP contribution in [0.1, 0.15) is 226 Å². The van der Waals surface area contributed by atoms with Gasteiger partial charge in [-0.2, -0.15) is 0 Å². The Morgan fingerprint density at radius 2 is 0.926 bits per heavy atom. The number of allylic oxidation sites excluding steroid dienone is 4. The minimum Gasteiger partial charge on any atom is -0.466 e. The molecule has 0 aliphatic heterocycles. The van der Waals surface area contributed by atoms with E-state index in [1.165, 1.54) is 135 Å². The van der Waals surface area contributed by atoms with Gasteiger partial charge in [0.05, 0.1) is 12.6 Å². The summed E-state index contributed by atoms with van der Waals surface area (Å²) in [5, 5.41) is 0. The van der Waals surface area contributed by atoms with E-state index in [1.54, 1.807) is 0 Å². The second-order valence-corrected chi connectivity index (χ2v) is 16.2. The molecule has 1 unspecified atom stereocenters. The molecule has 1 amide bonds. The van der Waals surface area contributed by atoms with Gasteiger partial charge in [0, 0.05) is 19.4 Å². The van der Waals surface area contributed by atoms with E-state index in [4.69, 9.17) is 4.74 Å². The second kappa shape index (κ2) is 42.2. The Kier molecular flexibility index (Phi) is 40.7. The maximum Gasteiger partial charge on any atom is 0.305 e. The first-order valence-electron chi connectivity index (χ1n) is 23.3. The number of hydrogen-bond acceptors (Lipinski definition) is 5. The summed E-state index contributed by atoms with van der Waals surface area (Å²) >= 11 is 0. The van der Waals surface area contributed by atoms with Crippen LogP contribution in [0.2, 0.25) is 0 Å². The molecule has 0 saturated heterocycles. The highest BCUT2D eigenvalue weighted by Crippen LogP contribution is 2.16. The van der Waals surface area contributed by atoms with E-state index < -0.39 is 0 Å². The molecule has 0 aromatic rings. The number of ether oxygens (including phenoxy) is 1. The molecule has 0 N–H and O–H groups in total. The normalized spacial score (nSPS) is 12.3. The van der Waals surface area contributed by atoms with Gasteiger partial charge in [-0.15, -0.1) is 0 Å². The lowest BCUT2D eigenvalue weighted by atomic mass is 10.0. The van der Waals surface area contributed by atoms with Crippen molar-refractivity contribution >= 4 is 18.2 Å². The van der Waals surface area contributed by atoms with Gasteiger partial charge in [0.25, 0.3) is 0 Å². The van der Waals surface area contributed by atoms with Crippen molar-refractivity contribution in [2.24, 2.45) is 0 Å². The molecule has 1 atom stereocenters. The number of nitrogens with zero attached hydrogens (tertiary/aromatic N) is 2. The largest absolute Gasteiger partial charge is 0.466 e. The maximum atomic E-state index is 13.3. The molecule has 316 valence electrons. The Labute approximate surface area is 336 Å². The molecule has 0 radical (unpaired) electrons. The van der Waals surface area contributed by atoms with Crippen molar-refractivity contribution in [3.8, 4) is 0 Å². The summed E-state index contributed by atoms with van der Waals surface area (Å²) in [5.74, 6) is 0.0275. The van der Waals surface area contributed by atoms with Crippen LogP contribution in [0.25, 0.3) is 0 Å². The number of carbonyl (C=O) groups excluding carboxylic acids is 3. The van der Waals surface area contributed by atoms with Crippen molar-refractivity contribution < 1.29 is 19.1 Å². The van der Waals surface area contributed by atoms with Gasteiger partial charge in [-0.1, -0.05) is 147 Å². The van der Waals surface area contributed by atoms with Gasteiger partial charge in [-0.3, -0.25) is 9.59 Å². The zero-order chi connectivity index (χ0) is 39.6. The fraction of sp³-hybridized carbons (Fsp3) is 0.854. The molecule has 0 aromatic heterocycles. The van der Waals surface area contributed by atoms with Crippen molar-refractivity contribution in [3.63, 3.8) is 0 Å². The van der Waals surface area contributed by atoms with E-state index in [0.29, 0.717) is 32.4 Å². The second-order valence-electron chi connectivity index (χ2n) is 16.2. The van der Waals surface area contributed by atoms with E-state index in [-0.39, 0.29) is 17.9 Å². The standard InChI is InChI=1S/C48H90N2O4/c1-5-7-9-11-13-15-17-19-21-23-25-27-29-31-35-40-47(52)50(43-38-42-49(3)4)46(45-51)39-34-33-37-44-54-48(53)41-36-32-30-28-26-24-22-20-18-16-14-12-10-8-6-2/h19-22,45-46H,5-18,23-44H2,1-4H3/b21-19-,22-20-. The highest BCUT2D eigenvalue weighted by molar-refractivity contribution is 5.79. The van der Waals surface area contributed by atoms with E-state index >= 15 is 0 Å². The molecule has 0 heterocycles. The molecule has 54 heavy (non-hydrogen) atoms. The number of hydrogen-bond donors (Lipinski definition) is 0. The Hall–Kier alpha value is -1.95. The van der Waals surface area contributed by atoms with Crippen LogP contribution in [-0.2, 0) is 19.1 Å². The van der Waals surface area contributed by atoms with Gasteiger partial charge in [0.2, 0.25) is 5.91 Å². The fourth-order valence-corrected chi connectivity index (χ4v) is 7.05. The van der Waals surface area contributed by atoms with Gasteiger partial charge in [0.15, 0.2) is 0 Å². The van der Waals surface area contributed by atoms with Crippen molar-refractivity contribution in [2.75, 3.05) is 33.8 Å². The van der Waals surface area contributed by atoms with Crippen molar-refractivity contribution in [1.29, 1.82) is 0 Å². The SMILES string of the molecule is CCCCCCCC/C=C\CCCCCCCC(=O)OCCCCCC(C=O)N(CCCN(C)C)C(=O)CCCCCCC/C=C\CCCCCCCC. The Bertz CT molecular complexity index is 886. The van der Waals surface area contributed by atoms with Gasteiger partial charge in [-0.25, -0.2) is 0 Å². The van der Waals surface area contributed by atoms with Crippen LogP contribution in [0, 0.1) is 0 Å². The van der Waals surface area contributed by atoms with Gasteiger partial charge >= 0.3 is 5.97 Å². The third-order valence-corrected chi connectivity index (χ3v) is 10.6. The molecule has 0 aliphatic rings. The zero-order valence-electron chi connectivity index (χ0n) is 36.4. The third kappa shape index (κ3) is 37.0. The molecule has 0 aromatic carbocycles. The minimum atomic E-state index is -0.369. The summed E-state index contributed by atoms with van der Waals surface area (Å²) in [6.45, 7) is 6.49. The molecule has 0 saturated carbocycles. The van der Waals surface area contributed by atoms with Crippen LogP contribution in [-0.4, -0.2) is 67.8 Å². The lowest BCUT2D eigenvalue weighted by Gasteiger charge is -2.29. The fourth-order valence-electron chi connectivity index (χ4n) is 7.05. The monoisotopic (exact) mass is 759 g/mol. The van der Waals surface area contributed by atoms with E-state index in [2.05, 4.69) is 43.1 Å². The minimum absolute atomic E-state index is 0.0910. The quantitative estimate of drug-likeness (QED) is 0.0268. The lowest BCUT2D eigenvalue weighted by molar-refractivity contribution is -0.144. The first-order valence-corrected chi connectivity index (χ1v) is 23.3. The van der Waals surface area contributed by atoms with Crippen molar-refractivity contribution in [3.05, 3.63) is 24.3 Å². The van der Waals surface area contributed by atoms with Crippen molar-refractivity contribution in [2.45, 2.75) is 232 Å². The molecule has 6 nitrogen and oxygen atoms in total. The predicted molar refractivity (Wildman–Crippen MR) is 233 cm³/mol. The summed E-state index contributed by atoms with van der Waals surface area (Å²) in [7, 11) is 4.08. The maximum absolute atomic E-state index is 13.3. The molecular weight excluding hydrogens is 669 g/mol. The number of carbonyl (C=O) groups is 3. The summed E-state index contributed by atoms with van der Waals surface area (Å²) in [5.41, 5.74) is 0. The smallest absolute Gasteiger partial charge is 0.305 e. The molecule has 0 spiro atoms. The van der Waals surface area contributed by atoms with Crippen LogP contribution < -0.4 is 0 Å². The average Bonchev–Trinajstić information content (AvgIpc) is 3.16. The highest BCUT2D eigenvalue weighted by atomic mass is 16.5. The topological polar surface area (TPSA) is 66.9 Å². The lowest BCUT2D eigenvalue weighted by Crippen LogP contribution is -2.42. The average molecular weight is 759 g/mol. The van der Waals surface area contributed by atoms with Crippen LogP contribution in [0.4, 0.5) is 0 Å². The number of rotatable bonds is 42. The number of amides is 1. The first kappa shape index (κ1) is 52.0. The predicted octanol–water partition coefficient (Wildman–Crippen LogP) is 13.5. The van der Waals surface area contributed by atoms with Gasteiger partial charge in [-0.05, 0) is 111 Å². The first-order chi connectivity index (χ1) is 26.5. The van der Waals surface area contributed by atoms with Gasteiger partial charge in [0.1, 0.15) is 6.29 Å². The zero-order valence-corrected chi connectivity index (χ0v) is 36.4. The Morgan fingerprint density at radius 3 is 1.39 bits per heavy atom. The number of esters is 1. The molecule has 0 aliphatic carbocycles.